The molecule has 1 aliphatic heterocycles. The Kier molecular flexibility index (Phi) is 5.81. The van der Waals surface area contributed by atoms with Gasteiger partial charge in [-0.3, -0.25) is 9.59 Å². The summed E-state index contributed by atoms with van der Waals surface area (Å²) in [5.74, 6) is 0.770. The molecular formula is C17H23NO4. The van der Waals surface area contributed by atoms with Gasteiger partial charge in [0.1, 0.15) is 5.75 Å². The zero-order chi connectivity index (χ0) is 15.9. The number of likely N-dealkylation sites (tertiary alicyclic amines) is 1. The lowest BCUT2D eigenvalue weighted by atomic mass is 10.1. The van der Waals surface area contributed by atoms with E-state index in [1.165, 1.54) is 0 Å². The molecule has 5 nitrogen and oxygen atoms in total. The minimum absolute atomic E-state index is 0.124. The van der Waals surface area contributed by atoms with E-state index in [0.29, 0.717) is 32.4 Å². The van der Waals surface area contributed by atoms with Crippen LogP contribution in [0.25, 0.3) is 0 Å². The molecule has 22 heavy (non-hydrogen) atoms. The van der Waals surface area contributed by atoms with Gasteiger partial charge in [-0.25, -0.2) is 0 Å². The summed E-state index contributed by atoms with van der Waals surface area (Å²) in [6.45, 7) is 2.78. The van der Waals surface area contributed by atoms with Crippen LogP contribution in [0.1, 0.15) is 38.2 Å². The molecule has 0 spiro atoms. The Morgan fingerprint density at radius 3 is 2.68 bits per heavy atom. The van der Waals surface area contributed by atoms with E-state index in [0.717, 1.165) is 17.7 Å². The molecule has 0 aromatic heterocycles. The molecule has 0 bridgehead atoms. The van der Waals surface area contributed by atoms with E-state index in [-0.39, 0.29) is 17.9 Å². The van der Waals surface area contributed by atoms with Crippen molar-refractivity contribution < 1.29 is 19.1 Å². The van der Waals surface area contributed by atoms with Gasteiger partial charge in [0, 0.05) is 25.4 Å². The molecule has 1 aliphatic rings. The summed E-state index contributed by atoms with van der Waals surface area (Å²) in [6, 6.07) is 7.84. The fraction of sp³-hybridized carbons (Fsp3) is 0.529. The summed E-state index contributed by atoms with van der Waals surface area (Å²) < 4.78 is 10.1. The van der Waals surface area contributed by atoms with Crippen LogP contribution in [0, 0.1) is 0 Å². The normalized spacial score (nSPS) is 17.6. The highest BCUT2D eigenvalue weighted by Crippen LogP contribution is 2.25. The lowest BCUT2D eigenvalue weighted by molar-refractivity contribution is -0.144. The van der Waals surface area contributed by atoms with Gasteiger partial charge in [0.25, 0.3) is 0 Å². The minimum atomic E-state index is -0.189. The van der Waals surface area contributed by atoms with E-state index >= 15 is 0 Å². The number of hydrogen-bond acceptors (Lipinski definition) is 4. The van der Waals surface area contributed by atoms with E-state index in [2.05, 4.69) is 0 Å². The van der Waals surface area contributed by atoms with Crippen molar-refractivity contribution >= 4 is 11.9 Å². The zero-order valence-corrected chi connectivity index (χ0v) is 13.2. The van der Waals surface area contributed by atoms with Crippen molar-refractivity contribution in [3.8, 4) is 5.75 Å². The molecular weight excluding hydrogens is 282 g/mol. The Bertz CT molecular complexity index is 512. The summed E-state index contributed by atoms with van der Waals surface area (Å²) in [6.07, 6.45) is 2.41. The molecule has 1 fully saturated rings. The fourth-order valence-electron chi connectivity index (χ4n) is 2.76. The second kappa shape index (κ2) is 7.82. The van der Waals surface area contributed by atoms with E-state index in [1.807, 2.05) is 29.2 Å². The van der Waals surface area contributed by atoms with Gasteiger partial charge in [-0.05, 0) is 37.5 Å². The number of carbonyl (C=O) groups is 2. The molecule has 1 amide bonds. The molecule has 1 aromatic carbocycles. The van der Waals surface area contributed by atoms with Crippen LogP contribution in [-0.2, 0) is 20.9 Å². The highest BCUT2D eigenvalue weighted by molar-refractivity contribution is 5.79. The topological polar surface area (TPSA) is 55.8 Å². The second-order valence-electron chi connectivity index (χ2n) is 5.41. The van der Waals surface area contributed by atoms with Gasteiger partial charge in [-0.2, -0.15) is 0 Å². The van der Waals surface area contributed by atoms with Crippen LogP contribution < -0.4 is 4.74 Å². The summed E-state index contributed by atoms with van der Waals surface area (Å²) in [7, 11) is 1.63. The Hall–Kier alpha value is -2.04. The standard InChI is InChI=1S/C17H23NO4/c1-3-22-17(20)11-7-14-6-10-16(19)18(14)12-13-4-8-15(21-2)9-5-13/h4-5,8-9,14H,3,6-7,10-12H2,1-2H3. The highest BCUT2D eigenvalue weighted by atomic mass is 16.5. The first-order valence-electron chi connectivity index (χ1n) is 7.72. The van der Waals surface area contributed by atoms with Gasteiger partial charge < -0.3 is 14.4 Å². The van der Waals surface area contributed by atoms with Crippen LogP contribution in [0.5, 0.6) is 5.75 Å². The summed E-state index contributed by atoms with van der Waals surface area (Å²) in [5, 5.41) is 0. The van der Waals surface area contributed by atoms with E-state index < -0.39 is 0 Å². The van der Waals surface area contributed by atoms with Crippen LogP contribution in [-0.4, -0.2) is 36.5 Å². The number of nitrogens with zero attached hydrogens (tertiary/aromatic N) is 1. The number of esters is 1. The van der Waals surface area contributed by atoms with Gasteiger partial charge >= 0.3 is 5.97 Å². The Balaban J connectivity index is 1.93. The van der Waals surface area contributed by atoms with Gasteiger partial charge in [-0.1, -0.05) is 12.1 Å². The van der Waals surface area contributed by atoms with Crippen LogP contribution in [0.4, 0.5) is 0 Å². The maximum absolute atomic E-state index is 12.1. The third kappa shape index (κ3) is 4.23. The van der Waals surface area contributed by atoms with Crippen LogP contribution in [0.2, 0.25) is 0 Å². The van der Waals surface area contributed by atoms with Crippen LogP contribution in [0.15, 0.2) is 24.3 Å². The van der Waals surface area contributed by atoms with E-state index in [1.54, 1.807) is 14.0 Å². The lowest BCUT2D eigenvalue weighted by Gasteiger charge is -2.24. The van der Waals surface area contributed by atoms with Crippen molar-refractivity contribution in [3.63, 3.8) is 0 Å². The maximum atomic E-state index is 12.1. The molecule has 0 radical (unpaired) electrons. The molecule has 5 heteroatoms. The van der Waals surface area contributed by atoms with E-state index in [4.69, 9.17) is 9.47 Å². The third-order valence-electron chi connectivity index (χ3n) is 3.95. The van der Waals surface area contributed by atoms with Gasteiger partial charge in [0.05, 0.1) is 13.7 Å². The zero-order valence-electron chi connectivity index (χ0n) is 13.2. The predicted octanol–water partition coefficient (Wildman–Crippen LogP) is 2.53. The first kappa shape index (κ1) is 16.3. The number of carbonyl (C=O) groups excluding carboxylic acids is 2. The molecule has 2 rings (SSSR count). The quantitative estimate of drug-likeness (QED) is 0.726. The SMILES string of the molecule is CCOC(=O)CCC1CCC(=O)N1Cc1ccc(OC)cc1. The molecule has 1 atom stereocenters. The largest absolute Gasteiger partial charge is 0.497 e. The van der Waals surface area contributed by atoms with Gasteiger partial charge in [0.2, 0.25) is 5.91 Å². The van der Waals surface area contributed by atoms with Gasteiger partial charge in [0.15, 0.2) is 0 Å². The summed E-state index contributed by atoms with van der Waals surface area (Å²) >= 11 is 0. The van der Waals surface area contributed by atoms with Crippen molar-refractivity contribution in [2.45, 2.75) is 45.2 Å². The van der Waals surface area contributed by atoms with Crippen molar-refractivity contribution in [1.82, 2.24) is 4.90 Å². The molecule has 1 unspecified atom stereocenters. The average molecular weight is 305 g/mol. The first-order valence-corrected chi connectivity index (χ1v) is 7.72. The Morgan fingerprint density at radius 2 is 2.05 bits per heavy atom. The molecule has 0 saturated carbocycles. The van der Waals surface area contributed by atoms with Crippen molar-refractivity contribution in [3.05, 3.63) is 29.8 Å². The van der Waals surface area contributed by atoms with Crippen molar-refractivity contribution in [1.29, 1.82) is 0 Å². The summed E-state index contributed by atoms with van der Waals surface area (Å²) in [4.78, 5) is 25.4. The smallest absolute Gasteiger partial charge is 0.305 e. The molecule has 1 aromatic rings. The number of benzene rings is 1. The number of ether oxygens (including phenoxy) is 2. The van der Waals surface area contributed by atoms with Crippen LogP contribution >= 0.6 is 0 Å². The number of methoxy groups -OCH3 is 1. The van der Waals surface area contributed by atoms with Gasteiger partial charge in [-0.15, -0.1) is 0 Å². The maximum Gasteiger partial charge on any atom is 0.305 e. The minimum Gasteiger partial charge on any atom is -0.497 e. The van der Waals surface area contributed by atoms with Crippen molar-refractivity contribution in [2.75, 3.05) is 13.7 Å². The molecule has 1 saturated heterocycles. The molecule has 120 valence electrons. The average Bonchev–Trinajstić information content (AvgIpc) is 2.87. The number of hydrogen-bond donors (Lipinski definition) is 0. The molecule has 0 aliphatic carbocycles. The number of rotatable bonds is 7. The highest BCUT2D eigenvalue weighted by Gasteiger charge is 2.31. The molecule has 0 N–H and O–H groups in total. The van der Waals surface area contributed by atoms with Crippen molar-refractivity contribution in [2.24, 2.45) is 0 Å². The second-order valence-corrected chi connectivity index (χ2v) is 5.41. The lowest BCUT2D eigenvalue weighted by Crippen LogP contribution is -2.32. The monoisotopic (exact) mass is 305 g/mol. The summed E-state index contributed by atoms with van der Waals surface area (Å²) in [5.41, 5.74) is 1.07. The molecule has 1 heterocycles. The Labute approximate surface area is 131 Å². The van der Waals surface area contributed by atoms with Crippen LogP contribution in [0.3, 0.4) is 0 Å². The Morgan fingerprint density at radius 1 is 1.32 bits per heavy atom. The third-order valence-corrected chi connectivity index (χ3v) is 3.95. The fourth-order valence-corrected chi connectivity index (χ4v) is 2.76. The predicted molar refractivity (Wildman–Crippen MR) is 82.4 cm³/mol. The first-order chi connectivity index (χ1) is 10.6. The number of amides is 1. The van der Waals surface area contributed by atoms with E-state index in [9.17, 15) is 9.59 Å².